The summed E-state index contributed by atoms with van der Waals surface area (Å²) in [5.74, 6) is -0.720. The Morgan fingerprint density at radius 2 is 2.26 bits per heavy atom. The first-order valence-electron chi connectivity index (χ1n) is 5.29. The number of carbonyl (C=O) groups is 1. The fraction of sp³-hybridized carbons (Fsp3) is 0.0833. The maximum Gasteiger partial charge on any atom is 0.348 e. The lowest BCUT2D eigenvalue weighted by Gasteiger charge is -1.94. The number of carboxylic acids is 1. The molecule has 1 N–H and O–H groups in total. The molecule has 0 saturated carbocycles. The molecule has 0 aliphatic rings. The van der Waals surface area contributed by atoms with Gasteiger partial charge in [-0.1, -0.05) is 0 Å². The van der Waals surface area contributed by atoms with Gasteiger partial charge in [0.2, 0.25) is 0 Å². The monoisotopic (exact) mass is 277 g/mol. The van der Waals surface area contributed by atoms with Crippen LogP contribution in [0.4, 0.5) is 0 Å². The molecule has 3 aromatic heterocycles. The van der Waals surface area contributed by atoms with Crippen molar-refractivity contribution < 1.29 is 18.7 Å². The summed E-state index contributed by atoms with van der Waals surface area (Å²) in [5, 5.41) is 9.25. The van der Waals surface area contributed by atoms with Gasteiger partial charge in [0.25, 0.3) is 5.89 Å². The van der Waals surface area contributed by atoms with Crippen LogP contribution < -0.4 is 5.63 Å². The smallest absolute Gasteiger partial charge is 0.348 e. The van der Waals surface area contributed by atoms with Crippen molar-refractivity contribution >= 4 is 27.5 Å². The summed E-state index contributed by atoms with van der Waals surface area (Å²) in [7, 11) is 0. The Morgan fingerprint density at radius 1 is 1.47 bits per heavy atom. The lowest BCUT2D eigenvalue weighted by molar-refractivity contribution is 0.0701. The molecule has 0 unspecified atom stereocenters. The predicted octanol–water partition coefficient (Wildman–Crippen LogP) is 2.52. The zero-order chi connectivity index (χ0) is 13.6. The Bertz CT molecular complexity index is 828. The highest BCUT2D eigenvalue weighted by molar-refractivity contribution is 7.20. The van der Waals surface area contributed by atoms with E-state index in [1.165, 1.54) is 6.26 Å². The number of carboxylic acid groups (broad SMARTS) is 1. The lowest BCUT2D eigenvalue weighted by atomic mass is 10.2. The minimum Gasteiger partial charge on any atom is -0.477 e. The molecular formula is C12H7NO5S. The zero-order valence-electron chi connectivity index (χ0n) is 9.67. The molecule has 3 aromatic rings. The van der Waals surface area contributed by atoms with Crippen LogP contribution in [0.15, 0.2) is 32.0 Å². The molecule has 96 valence electrons. The highest BCUT2D eigenvalue weighted by atomic mass is 32.1. The fourth-order valence-electron chi connectivity index (χ4n) is 1.78. The normalized spacial score (nSPS) is 11.0. The molecule has 0 aliphatic heterocycles. The van der Waals surface area contributed by atoms with Crippen LogP contribution in [0.5, 0.6) is 0 Å². The van der Waals surface area contributed by atoms with Gasteiger partial charge in [0.1, 0.15) is 15.1 Å². The average molecular weight is 277 g/mol. The topological polar surface area (TPSA) is 93.5 Å². The molecule has 0 fully saturated rings. The highest BCUT2D eigenvalue weighted by Gasteiger charge is 2.20. The number of thiophene rings is 1. The van der Waals surface area contributed by atoms with Crippen LogP contribution in [0.3, 0.4) is 0 Å². The standard InChI is InChI=1S/C12H7NO5S/c1-5-7-10(19-8(5)11(14)15)13-9(18-12(7)16)6-3-2-4-17-6/h2-4H,1H3,(H,14,15). The van der Waals surface area contributed by atoms with E-state index in [0.29, 0.717) is 16.2 Å². The van der Waals surface area contributed by atoms with Crippen molar-refractivity contribution in [1.29, 1.82) is 0 Å². The molecule has 0 atom stereocenters. The first kappa shape index (κ1) is 11.7. The van der Waals surface area contributed by atoms with Crippen LogP contribution in [0.2, 0.25) is 0 Å². The fourth-order valence-corrected chi connectivity index (χ4v) is 2.78. The van der Waals surface area contributed by atoms with Gasteiger partial charge in [-0.3, -0.25) is 0 Å². The lowest BCUT2D eigenvalue weighted by Crippen LogP contribution is -2.03. The number of aryl methyl sites for hydroxylation is 1. The number of fused-ring (bicyclic) bond motifs is 1. The summed E-state index contributed by atoms with van der Waals surface area (Å²) >= 11 is 0.945. The van der Waals surface area contributed by atoms with E-state index in [0.717, 1.165) is 11.3 Å². The Hall–Kier alpha value is -2.41. The van der Waals surface area contributed by atoms with Crippen molar-refractivity contribution in [3.63, 3.8) is 0 Å². The van der Waals surface area contributed by atoms with Gasteiger partial charge in [-0.15, -0.1) is 11.3 Å². The molecule has 0 spiro atoms. The largest absolute Gasteiger partial charge is 0.477 e. The number of furan rings is 1. The van der Waals surface area contributed by atoms with Crippen LogP contribution in [-0.4, -0.2) is 16.1 Å². The molecule has 7 heteroatoms. The third kappa shape index (κ3) is 1.75. The highest BCUT2D eigenvalue weighted by Crippen LogP contribution is 2.29. The molecule has 0 bridgehead atoms. The molecule has 19 heavy (non-hydrogen) atoms. The van der Waals surface area contributed by atoms with E-state index >= 15 is 0 Å². The number of aromatic nitrogens is 1. The van der Waals surface area contributed by atoms with Gasteiger partial charge in [-0.2, -0.15) is 4.98 Å². The van der Waals surface area contributed by atoms with Gasteiger partial charge in [0.05, 0.1) is 6.26 Å². The summed E-state index contributed by atoms with van der Waals surface area (Å²) in [6, 6.07) is 3.25. The zero-order valence-corrected chi connectivity index (χ0v) is 10.5. The molecule has 3 rings (SSSR count). The number of nitrogens with zero attached hydrogens (tertiary/aromatic N) is 1. The van der Waals surface area contributed by atoms with Gasteiger partial charge in [0.15, 0.2) is 5.76 Å². The van der Waals surface area contributed by atoms with E-state index in [2.05, 4.69) is 4.98 Å². The van der Waals surface area contributed by atoms with Crippen LogP contribution in [0.25, 0.3) is 21.9 Å². The Morgan fingerprint density at radius 3 is 2.89 bits per heavy atom. The predicted molar refractivity (Wildman–Crippen MR) is 67.6 cm³/mol. The summed E-state index contributed by atoms with van der Waals surface area (Å²) < 4.78 is 10.2. The van der Waals surface area contributed by atoms with E-state index in [1.54, 1.807) is 19.1 Å². The van der Waals surface area contributed by atoms with Crippen molar-refractivity contribution in [1.82, 2.24) is 4.98 Å². The molecule has 6 nitrogen and oxygen atoms in total. The number of aromatic carboxylic acids is 1. The SMILES string of the molecule is Cc1c(C(=O)O)sc2nc(-c3ccco3)oc(=O)c12. The number of rotatable bonds is 2. The summed E-state index contributed by atoms with van der Waals surface area (Å²) in [5.41, 5.74) is -0.239. The van der Waals surface area contributed by atoms with Gasteiger partial charge < -0.3 is 13.9 Å². The van der Waals surface area contributed by atoms with Crippen molar-refractivity contribution in [2.75, 3.05) is 0 Å². The van der Waals surface area contributed by atoms with E-state index in [4.69, 9.17) is 13.9 Å². The maximum atomic E-state index is 11.9. The van der Waals surface area contributed by atoms with E-state index in [1.807, 2.05) is 0 Å². The molecule has 0 radical (unpaired) electrons. The van der Waals surface area contributed by atoms with Crippen molar-refractivity contribution in [3.8, 4) is 11.7 Å². The van der Waals surface area contributed by atoms with E-state index in [9.17, 15) is 9.59 Å². The summed E-state index contributed by atoms with van der Waals surface area (Å²) in [6.07, 6.45) is 1.43. The van der Waals surface area contributed by atoms with Crippen LogP contribution in [0, 0.1) is 6.92 Å². The minimum absolute atomic E-state index is 0.0423. The van der Waals surface area contributed by atoms with E-state index < -0.39 is 11.6 Å². The molecule has 0 amide bonds. The van der Waals surface area contributed by atoms with Gasteiger partial charge in [0, 0.05) is 0 Å². The molecule has 0 aromatic carbocycles. The summed E-state index contributed by atoms with van der Waals surface area (Å²) in [6.45, 7) is 1.56. The second-order valence-electron chi connectivity index (χ2n) is 3.83. The molecule has 0 saturated heterocycles. The minimum atomic E-state index is -1.08. The summed E-state index contributed by atoms with van der Waals surface area (Å²) in [4.78, 5) is 27.5. The van der Waals surface area contributed by atoms with Crippen LogP contribution in [-0.2, 0) is 0 Å². The molecular weight excluding hydrogens is 270 g/mol. The second kappa shape index (κ2) is 4.06. The van der Waals surface area contributed by atoms with Crippen molar-refractivity contribution in [2.45, 2.75) is 6.92 Å². The quantitative estimate of drug-likeness (QED) is 0.773. The average Bonchev–Trinajstić information content (AvgIpc) is 2.96. The van der Waals surface area contributed by atoms with Gasteiger partial charge in [-0.25, -0.2) is 9.59 Å². The van der Waals surface area contributed by atoms with Crippen molar-refractivity contribution in [2.24, 2.45) is 0 Å². The second-order valence-corrected chi connectivity index (χ2v) is 4.82. The Labute approximate surface area is 109 Å². The maximum absolute atomic E-state index is 11.9. The Balaban J connectivity index is 2.33. The molecule has 0 aliphatic carbocycles. The first-order chi connectivity index (χ1) is 9.08. The van der Waals surface area contributed by atoms with Gasteiger partial charge >= 0.3 is 11.6 Å². The number of hydrogen-bond acceptors (Lipinski definition) is 6. The van der Waals surface area contributed by atoms with E-state index in [-0.39, 0.29) is 16.2 Å². The van der Waals surface area contributed by atoms with Gasteiger partial charge in [-0.05, 0) is 24.6 Å². The van der Waals surface area contributed by atoms with Crippen LogP contribution >= 0.6 is 11.3 Å². The molecule has 3 heterocycles. The van der Waals surface area contributed by atoms with Crippen molar-refractivity contribution in [3.05, 3.63) is 39.3 Å². The first-order valence-corrected chi connectivity index (χ1v) is 6.11. The Kier molecular flexibility index (Phi) is 2.49. The number of hydrogen-bond donors (Lipinski definition) is 1. The third-order valence-electron chi connectivity index (χ3n) is 2.65. The third-order valence-corrected chi connectivity index (χ3v) is 3.82. The van der Waals surface area contributed by atoms with Crippen LogP contribution in [0.1, 0.15) is 15.2 Å².